The average Bonchev–Trinajstić information content (AvgIpc) is 2.32. The lowest BCUT2D eigenvalue weighted by molar-refractivity contribution is 0.0975. The molecule has 0 aliphatic heterocycles. The largest absolute Gasteiger partial charge is 0.294 e. The SMILES string of the molecule is CC1(C)CC(=O)c2c(F)c(F)cc(Cl)c21. The van der Waals surface area contributed by atoms with Crippen LogP contribution in [0.2, 0.25) is 5.02 Å². The third-order valence-electron chi connectivity index (χ3n) is 2.73. The van der Waals surface area contributed by atoms with Gasteiger partial charge in [0.15, 0.2) is 17.4 Å². The van der Waals surface area contributed by atoms with Crippen LogP contribution >= 0.6 is 11.6 Å². The Balaban J connectivity index is 2.84. The molecule has 15 heavy (non-hydrogen) atoms. The predicted octanol–water partition coefficient (Wildman–Crippen LogP) is 3.48. The molecular formula is C11H9ClF2O. The minimum absolute atomic E-state index is 0.125. The summed E-state index contributed by atoms with van der Waals surface area (Å²) in [5.41, 5.74) is -0.268. The van der Waals surface area contributed by atoms with E-state index in [1.54, 1.807) is 13.8 Å². The third kappa shape index (κ3) is 1.37. The Morgan fingerprint density at radius 2 is 2.00 bits per heavy atom. The van der Waals surface area contributed by atoms with E-state index >= 15 is 0 Å². The Kier molecular flexibility index (Phi) is 2.12. The van der Waals surface area contributed by atoms with Gasteiger partial charge < -0.3 is 0 Å². The van der Waals surface area contributed by atoms with E-state index in [0.717, 1.165) is 6.07 Å². The van der Waals surface area contributed by atoms with E-state index in [4.69, 9.17) is 11.6 Å². The Morgan fingerprint density at radius 3 is 2.60 bits per heavy atom. The summed E-state index contributed by atoms with van der Waals surface area (Å²) in [6.07, 6.45) is 0.169. The van der Waals surface area contributed by atoms with Gasteiger partial charge in [0.25, 0.3) is 0 Å². The van der Waals surface area contributed by atoms with Gasteiger partial charge in [-0.1, -0.05) is 25.4 Å². The minimum atomic E-state index is -1.08. The number of fused-ring (bicyclic) bond motifs is 1. The molecule has 0 spiro atoms. The van der Waals surface area contributed by atoms with Crippen LogP contribution in [-0.4, -0.2) is 5.78 Å². The lowest BCUT2D eigenvalue weighted by atomic mass is 9.86. The zero-order valence-corrected chi connectivity index (χ0v) is 9.08. The van der Waals surface area contributed by atoms with Crippen molar-refractivity contribution in [2.24, 2.45) is 0 Å². The number of hydrogen-bond acceptors (Lipinski definition) is 1. The molecule has 1 aromatic carbocycles. The standard InChI is InChI=1S/C11H9ClF2O/c1-11(2)4-7(15)8-9(11)5(12)3-6(13)10(8)14/h3H,4H2,1-2H3. The fourth-order valence-corrected chi connectivity index (χ4v) is 2.54. The fraction of sp³-hybridized carbons (Fsp3) is 0.364. The Morgan fingerprint density at radius 1 is 1.40 bits per heavy atom. The van der Waals surface area contributed by atoms with E-state index in [0.29, 0.717) is 5.56 Å². The number of halogens is 3. The molecule has 0 unspecified atom stereocenters. The van der Waals surface area contributed by atoms with Crippen molar-refractivity contribution in [2.45, 2.75) is 25.7 Å². The molecule has 0 atom stereocenters. The summed E-state index contributed by atoms with van der Waals surface area (Å²) < 4.78 is 26.5. The Hall–Kier alpha value is -0.960. The molecule has 0 amide bonds. The maximum Gasteiger partial charge on any atom is 0.170 e. The molecule has 0 saturated heterocycles. The average molecular weight is 231 g/mol. The van der Waals surface area contributed by atoms with Crippen LogP contribution in [0.4, 0.5) is 8.78 Å². The van der Waals surface area contributed by atoms with Crippen molar-refractivity contribution in [3.8, 4) is 0 Å². The van der Waals surface area contributed by atoms with Crippen molar-refractivity contribution < 1.29 is 13.6 Å². The van der Waals surface area contributed by atoms with E-state index in [9.17, 15) is 13.6 Å². The summed E-state index contributed by atoms with van der Waals surface area (Å²) in [6.45, 7) is 3.58. The maximum absolute atomic E-state index is 13.4. The van der Waals surface area contributed by atoms with Crippen LogP contribution < -0.4 is 0 Å². The number of carbonyl (C=O) groups is 1. The zero-order valence-electron chi connectivity index (χ0n) is 8.33. The van der Waals surface area contributed by atoms with Crippen molar-refractivity contribution in [2.75, 3.05) is 0 Å². The second-order valence-corrected chi connectivity index (χ2v) is 4.80. The highest BCUT2D eigenvalue weighted by Gasteiger charge is 2.40. The molecule has 0 aromatic heterocycles. The first kappa shape index (κ1) is 10.6. The van der Waals surface area contributed by atoms with Gasteiger partial charge in [0.2, 0.25) is 0 Å². The highest BCUT2D eigenvalue weighted by molar-refractivity contribution is 6.32. The predicted molar refractivity (Wildman–Crippen MR) is 53.3 cm³/mol. The summed E-state index contributed by atoms with van der Waals surface area (Å²) in [4.78, 5) is 11.5. The Bertz CT molecular complexity index is 466. The number of rotatable bonds is 0. The van der Waals surface area contributed by atoms with E-state index in [2.05, 4.69) is 0 Å². The van der Waals surface area contributed by atoms with Crippen LogP contribution in [0.3, 0.4) is 0 Å². The lowest BCUT2D eigenvalue weighted by Crippen LogP contribution is -2.13. The minimum Gasteiger partial charge on any atom is -0.294 e. The fourth-order valence-electron chi connectivity index (χ4n) is 2.10. The topological polar surface area (TPSA) is 17.1 Å². The van der Waals surface area contributed by atoms with Crippen molar-refractivity contribution >= 4 is 17.4 Å². The van der Waals surface area contributed by atoms with Crippen LogP contribution in [0.15, 0.2) is 6.07 Å². The van der Waals surface area contributed by atoms with Crippen molar-refractivity contribution in [1.29, 1.82) is 0 Å². The smallest absolute Gasteiger partial charge is 0.170 e. The molecule has 4 heteroatoms. The molecule has 0 saturated carbocycles. The molecule has 2 rings (SSSR count). The summed E-state index contributed by atoms with van der Waals surface area (Å²) in [6, 6.07) is 0.927. The number of ketones is 1. The van der Waals surface area contributed by atoms with E-state index in [-0.39, 0.29) is 22.8 Å². The van der Waals surface area contributed by atoms with Gasteiger partial charge in [-0.2, -0.15) is 0 Å². The molecule has 0 fully saturated rings. The Labute approximate surface area is 91.0 Å². The molecule has 0 N–H and O–H groups in total. The van der Waals surface area contributed by atoms with E-state index < -0.39 is 17.0 Å². The van der Waals surface area contributed by atoms with Gasteiger partial charge in [-0.25, -0.2) is 8.78 Å². The van der Waals surface area contributed by atoms with Gasteiger partial charge in [0, 0.05) is 11.4 Å². The quantitative estimate of drug-likeness (QED) is 0.624. The number of carbonyl (C=O) groups excluding carboxylic acids is 1. The van der Waals surface area contributed by atoms with Crippen molar-refractivity contribution in [3.63, 3.8) is 0 Å². The molecular weight excluding hydrogens is 222 g/mol. The summed E-state index contributed by atoms with van der Waals surface area (Å²) in [5, 5.41) is 0.125. The van der Waals surface area contributed by atoms with Gasteiger partial charge in [-0.05, 0) is 17.0 Å². The second-order valence-electron chi connectivity index (χ2n) is 4.39. The van der Waals surface area contributed by atoms with E-state index in [1.807, 2.05) is 0 Å². The molecule has 80 valence electrons. The first-order valence-electron chi connectivity index (χ1n) is 4.56. The summed E-state index contributed by atoms with van der Waals surface area (Å²) in [5.74, 6) is -2.52. The van der Waals surface area contributed by atoms with Crippen molar-refractivity contribution in [3.05, 3.63) is 33.9 Å². The van der Waals surface area contributed by atoms with Crippen LogP contribution in [0, 0.1) is 11.6 Å². The highest BCUT2D eigenvalue weighted by Crippen LogP contribution is 2.43. The van der Waals surface area contributed by atoms with Crippen LogP contribution in [0.5, 0.6) is 0 Å². The number of benzene rings is 1. The van der Waals surface area contributed by atoms with Gasteiger partial charge in [0.05, 0.1) is 5.56 Å². The van der Waals surface area contributed by atoms with E-state index in [1.165, 1.54) is 0 Å². The molecule has 0 radical (unpaired) electrons. The number of Topliss-reactive ketones (excluding diaryl/α,β-unsaturated/α-hetero) is 1. The normalized spacial score (nSPS) is 18.1. The van der Waals surface area contributed by atoms with Crippen LogP contribution in [0.1, 0.15) is 36.2 Å². The molecule has 1 aliphatic carbocycles. The van der Waals surface area contributed by atoms with Crippen molar-refractivity contribution in [1.82, 2.24) is 0 Å². The lowest BCUT2D eigenvalue weighted by Gasteiger charge is -2.19. The first-order valence-corrected chi connectivity index (χ1v) is 4.93. The third-order valence-corrected chi connectivity index (χ3v) is 3.03. The molecule has 1 aromatic rings. The molecule has 1 nitrogen and oxygen atoms in total. The molecule has 0 bridgehead atoms. The zero-order chi connectivity index (χ0) is 11.4. The highest BCUT2D eigenvalue weighted by atomic mass is 35.5. The monoisotopic (exact) mass is 230 g/mol. The van der Waals surface area contributed by atoms with Gasteiger partial charge >= 0.3 is 0 Å². The van der Waals surface area contributed by atoms with Gasteiger partial charge in [-0.3, -0.25) is 4.79 Å². The summed E-state index contributed by atoms with van der Waals surface area (Å²) >= 11 is 5.84. The van der Waals surface area contributed by atoms with Gasteiger partial charge in [-0.15, -0.1) is 0 Å². The number of hydrogen-bond donors (Lipinski definition) is 0. The first-order chi connectivity index (χ1) is 6.84. The molecule has 1 aliphatic rings. The maximum atomic E-state index is 13.4. The van der Waals surface area contributed by atoms with Crippen LogP contribution in [-0.2, 0) is 5.41 Å². The second kappa shape index (κ2) is 3.01. The molecule has 0 heterocycles. The van der Waals surface area contributed by atoms with Gasteiger partial charge in [0.1, 0.15) is 0 Å². The van der Waals surface area contributed by atoms with Crippen LogP contribution in [0.25, 0.3) is 0 Å². The summed E-state index contributed by atoms with van der Waals surface area (Å²) in [7, 11) is 0.